The van der Waals surface area contributed by atoms with Crippen molar-refractivity contribution in [2.45, 2.75) is 25.3 Å². The number of oxazole rings is 1. The second-order valence-electron chi connectivity index (χ2n) is 5.25. The Bertz CT molecular complexity index is 653. The van der Waals surface area contributed by atoms with Gasteiger partial charge in [0.25, 0.3) is 0 Å². The second-order valence-corrected chi connectivity index (χ2v) is 5.25. The fraction of sp³-hybridized carbons (Fsp3) is 0.462. The summed E-state index contributed by atoms with van der Waals surface area (Å²) in [5.41, 5.74) is 8.48. The molecule has 0 saturated carbocycles. The average molecular weight is 263 g/mol. The van der Waals surface area contributed by atoms with E-state index < -0.39 is 5.76 Å². The van der Waals surface area contributed by atoms with E-state index in [1.807, 2.05) is 6.07 Å². The van der Waals surface area contributed by atoms with Crippen molar-refractivity contribution in [3.05, 3.63) is 22.7 Å². The molecular formula is C13H17N3O3. The van der Waals surface area contributed by atoms with E-state index in [1.165, 1.54) is 0 Å². The van der Waals surface area contributed by atoms with Crippen LogP contribution in [0.5, 0.6) is 0 Å². The van der Waals surface area contributed by atoms with Crippen molar-refractivity contribution < 1.29 is 9.15 Å². The molecule has 0 spiro atoms. The molecule has 1 aromatic carbocycles. The van der Waals surface area contributed by atoms with Crippen molar-refractivity contribution in [2.24, 2.45) is 0 Å². The van der Waals surface area contributed by atoms with Gasteiger partial charge in [0.05, 0.1) is 16.9 Å². The summed E-state index contributed by atoms with van der Waals surface area (Å²) < 4.78 is 10.4. The first-order valence-corrected chi connectivity index (χ1v) is 6.34. The molecule has 0 aliphatic carbocycles. The molecule has 0 atom stereocenters. The predicted octanol–water partition coefficient (Wildman–Crippen LogP) is 1.68. The number of hydrogen-bond donors (Lipinski definition) is 3. The summed E-state index contributed by atoms with van der Waals surface area (Å²) in [6.45, 7) is 3.64. The molecule has 19 heavy (non-hydrogen) atoms. The summed E-state index contributed by atoms with van der Waals surface area (Å²) in [6, 6.07) is 3.48. The summed E-state index contributed by atoms with van der Waals surface area (Å²) >= 11 is 0. The molecule has 1 fully saturated rings. The van der Waals surface area contributed by atoms with Gasteiger partial charge < -0.3 is 20.2 Å². The molecular weight excluding hydrogens is 246 g/mol. The van der Waals surface area contributed by atoms with Crippen LogP contribution in [-0.2, 0) is 4.74 Å². The number of benzene rings is 1. The number of aromatic amines is 1. The molecule has 6 nitrogen and oxygen atoms in total. The van der Waals surface area contributed by atoms with E-state index >= 15 is 0 Å². The number of nitrogens with two attached hydrogens (primary N) is 1. The maximum absolute atomic E-state index is 11.2. The lowest BCUT2D eigenvalue weighted by Crippen LogP contribution is -2.40. The van der Waals surface area contributed by atoms with E-state index in [9.17, 15) is 4.79 Å². The molecule has 4 N–H and O–H groups in total. The quantitative estimate of drug-likeness (QED) is 0.717. The third-order valence-corrected chi connectivity index (χ3v) is 3.62. The van der Waals surface area contributed by atoms with E-state index in [-0.39, 0.29) is 5.54 Å². The summed E-state index contributed by atoms with van der Waals surface area (Å²) in [5.74, 6) is -0.469. The second kappa shape index (κ2) is 4.31. The number of fused-ring (bicyclic) bond motifs is 1. The van der Waals surface area contributed by atoms with Crippen LogP contribution in [0.1, 0.15) is 19.8 Å². The Kier molecular flexibility index (Phi) is 2.74. The van der Waals surface area contributed by atoms with Crippen LogP contribution in [0.4, 0.5) is 11.4 Å². The molecule has 0 bridgehead atoms. The summed E-state index contributed by atoms with van der Waals surface area (Å²) in [5, 5.41) is 3.46. The number of H-pyrrole nitrogens is 1. The summed E-state index contributed by atoms with van der Waals surface area (Å²) in [4.78, 5) is 13.8. The van der Waals surface area contributed by atoms with Crippen LogP contribution < -0.4 is 16.8 Å². The highest BCUT2D eigenvalue weighted by atomic mass is 16.5. The first-order chi connectivity index (χ1) is 9.06. The van der Waals surface area contributed by atoms with Crippen molar-refractivity contribution in [3.63, 3.8) is 0 Å². The molecule has 1 aromatic heterocycles. The zero-order valence-corrected chi connectivity index (χ0v) is 10.8. The maximum Gasteiger partial charge on any atom is 0.417 e. The number of hydrogen-bond acceptors (Lipinski definition) is 5. The predicted molar refractivity (Wildman–Crippen MR) is 73.3 cm³/mol. The average Bonchev–Trinajstić information content (AvgIpc) is 2.69. The number of ether oxygens (including phenoxy) is 1. The lowest BCUT2D eigenvalue weighted by atomic mass is 9.92. The Morgan fingerprint density at radius 2 is 2.11 bits per heavy atom. The Labute approximate surface area is 109 Å². The standard InChI is InChI=1S/C13H17N3O3/c1-13(2-4-18-5-3-13)16-9-7-10-11(6-8(9)14)19-12(17)15-10/h6-7,16H,2-5,14H2,1H3,(H,15,17). The van der Waals surface area contributed by atoms with Gasteiger partial charge in [0.15, 0.2) is 5.58 Å². The molecule has 2 aromatic rings. The number of anilines is 2. The smallest absolute Gasteiger partial charge is 0.408 e. The molecule has 6 heteroatoms. The first kappa shape index (κ1) is 12.1. The number of rotatable bonds is 2. The molecule has 1 saturated heterocycles. The minimum Gasteiger partial charge on any atom is -0.408 e. The Balaban J connectivity index is 1.95. The van der Waals surface area contributed by atoms with Crippen LogP contribution >= 0.6 is 0 Å². The number of nitrogen functional groups attached to an aromatic ring is 1. The monoisotopic (exact) mass is 263 g/mol. The minimum absolute atomic E-state index is 0.0376. The van der Waals surface area contributed by atoms with Gasteiger partial charge in [-0.15, -0.1) is 0 Å². The fourth-order valence-corrected chi connectivity index (χ4v) is 2.39. The van der Waals surface area contributed by atoms with Gasteiger partial charge in [-0.25, -0.2) is 4.79 Å². The third-order valence-electron chi connectivity index (χ3n) is 3.62. The minimum atomic E-state index is -0.469. The lowest BCUT2D eigenvalue weighted by molar-refractivity contribution is 0.0658. The van der Waals surface area contributed by atoms with E-state index in [0.29, 0.717) is 16.8 Å². The zero-order valence-electron chi connectivity index (χ0n) is 10.8. The molecule has 0 amide bonds. The van der Waals surface area contributed by atoms with Crippen LogP contribution in [-0.4, -0.2) is 23.7 Å². The Morgan fingerprint density at radius 3 is 2.84 bits per heavy atom. The van der Waals surface area contributed by atoms with Crippen molar-refractivity contribution in [2.75, 3.05) is 24.3 Å². The Morgan fingerprint density at radius 1 is 1.37 bits per heavy atom. The first-order valence-electron chi connectivity index (χ1n) is 6.34. The van der Waals surface area contributed by atoms with E-state index in [0.717, 1.165) is 31.7 Å². The van der Waals surface area contributed by atoms with Gasteiger partial charge in [0.2, 0.25) is 0 Å². The van der Waals surface area contributed by atoms with E-state index in [4.69, 9.17) is 14.9 Å². The van der Waals surface area contributed by atoms with Crippen molar-refractivity contribution in [3.8, 4) is 0 Å². The fourth-order valence-electron chi connectivity index (χ4n) is 2.39. The van der Waals surface area contributed by atoms with Gasteiger partial charge in [-0.2, -0.15) is 0 Å². The molecule has 0 radical (unpaired) electrons. The zero-order chi connectivity index (χ0) is 13.5. The topological polar surface area (TPSA) is 93.3 Å². The van der Waals surface area contributed by atoms with Gasteiger partial charge in [-0.3, -0.25) is 4.98 Å². The molecule has 0 unspecified atom stereocenters. The summed E-state index contributed by atoms with van der Waals surface area (Å²) in [7, 11) is 0. The van der Waals surface area contributed by atoms with E-state index in [1.54, 1.807) is 6.07 Å². The van der Waals surface area contributed by atoms with Crippen molar-refractivity contribution in [1.82, 2.24) is 4.98 Å². The SMILES string of the molecule is CC1(Nc2cc3[nH]c(=O)oc3cc2N)CCOCC1. The van der Waals surface area contributed by atoms with Gasteiger partial charge in [0.1, 0.15) is 0 Å². The number of nitrogens with one attached hydrogen (secondary N) is 2. The Hall–Kier alpha value is -1.95. The largest absolute Gasteiger partial charge is 0.417 e. The highest BCUT2D eigenvalue weighted by Gasteiger charge is 2.27. The van der Waals surface area contributed by atoms with Crippen molar-refractivity contribution >= 4 is 22.5 Å². The van der Waals surface area contributed by atoms with Gasteiger partial charge in [-0.1, -0.05) is 0 Å². The van der Waals surface area contributed by atoms with Crippen LogP contribution in [0, 0.1) is 0 Å². The highest BCUT2D eigenvalue weighted by Crippen LogP contribution is 2.31. The molecule has 2 heterocycles. The molecule has 1 aliphatic rings. The van der Waals surface area contributed by atoms with Crippen LogP contribution in [0.2, 0.25) is 0 Å². The third kappa shape index (κ3) is 2.31. The molecule has 102 valence electrons. The summed E-state index contributed by atoms with van der Waals surface area (Å²) in [6.07, 6.45) is 1.85. The van der Waals surface area contributed by atoms with Crippen LogP contribution in [0.3, 0.4) is 0 Å². The van der Waals surface area contributed by atoms with Crippen LogP contribution in [0.25, 0.3) is 11.1 Å². The molecule has 1 aliphatic heterocycles. The highest BCUT2D eigenvalue weighted by molar-refractivity contribution is 5.85. The normalized spacial score (nSPS) is 18.6. The maximum atomic E-state index is 11.2. The van der Waals surface area contributed by atoms with Gasteiger partial charge in [-0.05, 0) is 25.8 Å². The van der Waals surface area contributed by atoms with Crippen LogP contribution in [0.15, 0.2) is 21.3 Å². The number of aromatic nitrogens is 1. The van der Waals surface area contributed by atoms with Crippen molar-refractivity contribution in [1.29, 1.82) is 0 Å². The lowest BCUT2D eigenvalue weighted by Gasteiger charge is -2.35. The van der Waals surface area contributed by atoms with Gasteiger partial charge >= 0.3 is 5.76 Å². The van der Waals surface area contributed by atoms with Gasteiger partial charge in [0, 0.05) is 24.8 Å². The van der Waals surface area contributed by atoms with E-state index in [2.05, 4.69) is 17.2 Å². The molecule has 3 rings (SSSR count).